The summed E-state index contributed by atoms with van der Waals surface area (Å²) in [6, 6.07) is 5.28. The number of rotatable bonds is 2. The van der Waals surface area contributed by atoms with E-state index in [0.717, 1.165) is 5.69 Å². The van der Waals surface area contributed by atoms with Crippen molar-refractivity contribution in [3.05, 3.63) is 29.7 Å². The SMILES string of the molecule is FC(F)c1nc2cccc(CI)n2n1. The molecule has 0 aliphatic carbocycles. The van der Waals surface area contributed by atoms with Crippen molar-refractivity contribution < 1.29 is 8.78 Å². The van der Waals surface area contributed by atoms with E-state index in [-0.39, 0.29) is 0 Å². The Labute approximate surface area is 92.3 Å². The molecule has 2 heterocycles. The minimum atomic E-state index is -2.61. The Kier molecular flexibility index (Phi) is 2.62. The van der Waals surface area contributed by atoms with Crippen molar-refractivity contribution >= 4 is 28.2 Å². The largest absolute Gasteiger partial charge is 0.299 e. The van der Waals surface area contributed by atoms with Gasteiger partial charge in [0.05, 0.1) is 5.69 Å². The molecule has 0 atom stereocenters. The van der Waals surface area contributed by atoms with Crippen molar-refractivity contribution in [2.75, 3.05) is 0 Å². The second-order valence-electron chi connectivity index (χ2n) is 2.69. The summed E-state index contributed by atoms with van der Waals surface area (Å²) in [5.41, 5.74) is 1.33. The van der Waals surface area contributed by atoms with Gasteiger partial charge in [-0.3, -0.25) is 0 Å². The standard InChI is InChI=1S/C8H6F2IN3/c9-7(10)8-12-6-3-1-2-5(4-11)14(6)13-8/h1-3,7H,4H2. The molecular weight excluding hydrogens is 303 g/mol. The maximum absolute atomic E-state index is 12.3. The lowest BCUT2D eigenvalue weighted by Gasteiger charge is -1.97. The molecule has 74 valence electrons. The summed E-state index contributed by atoms with van der Waals surface area (Å²) in [4.78, 5) is 3.72. The molecule has 6 heteroatoms. The molecule has 2 aromatic rings. The molecule has 0 N–H and O–H groups in total. The smallest absolute Gasteiger partial charge is 0.217 e. The molecule has 14 heavy (non-hydrogen) atoms. The maximum atomic E-state index is 12.3. The highest BCUT2D eigenvalue weighted by molar-refractivity contribution is 14.1. The van der Waals surface area contributed by atoms with Gasteiger partial charge in [0, 0.05) is 4.43 Å². The van der Waals surface area contributed by atoms with Crippen LogP contribution in [0.15, 0.2) is 18.2 Å². The summed E-state index contributed by atoms with van der Waals surface area (Å²) >= 11 is 2.15. The highest BCUT2D eigenvalue weighted by Gasteiger charge is 2.14. The average molecular weight is 309 g/mol. The Balaban J connectivity index is 2.64. The predicted octanol–water partition coefficient (Wildman–Crippen LogP) is 2.60. The summed E-state index contributed by atoms with van der Waals surface area (Å²) in [5.74, 6) is -0.415. The monoisotopic (exact) mass is 309 g/mol. The molecule has 0 aliphatic heterocycles. The topological polar surface area (TPSA) is 30.2 Å². The predicted molar refractivity (Wildman–Crippen MR) is 55.7 cm³/mol. The lowest BCUT2D eigenvalue weighted by atomic mass is 10.4. The molecular formula is C8H6F2IN3. The van der Waals surface area contributed by atoms with Gasteiger partial charge in [0.1, 0.15) is 0 Å². The minimum absolute atomic E-state index is 0.415. The van der Waals surface area contributed by atoms with Gasteiger partial charge in [0.25, 0.3) is 6.43 Å². The van der Waals surface area contributed by atoms with E-state index in [9.17, 15) is 8.78 Å². The van der Waals surface area contributed by atoms with Gasteiger partial charge in [-0.15, -0.1) is 5.10 Å². The summed E-state index contributed by atoms with van der Waals surface area (Å²) in [5, 5.41) is 3.73. The van der Waals surface area contributed by atoms with E-state index < -0.39 is 12.2 Å². The number of alkyl halides is 3. The van der Waals surface area contributed by atoms with Gasteiger partial charge in [-0.2, -0.15) is 0 Å². The Morgan fingerprint density at radius 3 is 2.86 bits per heavy atom. The van der Waals surface area contributed by atoms with Crippen LogP contribution in [0.4, 0.5) is 8.78 Å². The Bertz CT molecular complexity index is 455. The van der Waals surface area contributed by atoms with E-state index in [4.69, 9.17) is 0 Å². The molecule has 0 amide bonds. The second kappa shape index (κ2) is 3.76. The van der Waals surface area contributed by atoms with Gasteiger partial charge >= 0.3 is 0 Å². The van der Waals surface area contributed by atoms with Gasteiger partial charge in [0.2, 0.25) is 5.82 Å². The lowest BCUT2D eigenvalue weighted by molar-refractivity contribution is 0.140. The molecule has 0 bridgehead atoms. The summed E-state index contributed by atoms with van der Waals surface area (Å²) in [6.07, 6.45) is -2.61. The van der Waals surface area contributed by atoms with Gasteiger partial charge in [-0.1, -0.05) is 28.7 Å². The molecule has 0 saturated carbocycles. The quantitative estimate of drug-likeness (QED) is 0.630. The zero-order valence-corrected chi connectivity index (χ0v) is 9.15. The van der Waals surface area contributed by atoms with E-state index >= 15 is 0 Å². The van der Waals surface area contributed by atoms with Crippen LogP contribution in [0.2, 0.25) is 0 Å². The van der Waals surface area contributed by atoms with Crippen molar-refractivity contribution in [1.29, 1.82) is 0 Å². The number of nitrogens with zero attached hydrogens (tertiary/aromatic N) is 3. The fourth-order valence-electron chi connectivity index (χ4n) is 1.17. The zero-order valence-electron chi connectivity index (χ0n) is 6.99. The van der Waals surface area contributed by atoms with Crippen LogP contribution >= 0.6 is 22.6 Å². The summed E-state index contributed by atoms with van der Waals surface area (Å²) in [6.45, 7) is 0. The molecule has 0 fully saturated rings. The van der Waals surface area contributed by atoms with Crippen LogP contribution in [0, 0.1) is 0 Å². The van der Waals surface area contributed by atoms with Crippen molar-refractivity contribution in [2.45, 2.75) is 10.9 Å². The highest BCUT2D eigenvalue weighted by atomic mass is 127. The molecule has 0 unspecified atom stereocenters. The molecule has 2 rings (SSSR count). The number of fused-ring (bicyclic) bond motifs is 1. The van der Waals surface area contributed by atoms with Crippen LogP contribution in [-0.2, 0) is 4.43 Å². The number of hydrogen-bond acceptors (Lipinski definition) is 2. The summed E-state index contributed by atoms with van der Waals surface area (Å²) in [7, 11) is 0. The maximum Gasteiger partial charge on any atom is 0.299 e. The summed E-state index contributed by atoms with van der Waals surface area (Å²) < 4.78 is 26.8. The molecule has 0 aliphatic rings. The van der Waals surface area contributed by atoms with Crippen molar-refractivity contribution in [3.8, 4) is 0 Å². The first-order chi connectivity index (χ1) is 6.72. The van der Waals surface area contributed by atoms with Crippen LogP contribution in [0.5, 0.6) is 0 Å². The zero-order chi connectivity index (χ0) is 10.1. The Morgan fingerprint density at radius 1 is 1.43 bits per heavy atom. The van der Waals surface area contributed by atoms with Crippen LogP contribution in [0.25, 0.3) is 5.65 Å². The fraction of sp³-hybridized carbons (Fsp3) is 0.250. The molecule has 0 radical (unpaired) electrons. The van der Waals surface area contributed by atoms with Crippen LogP contribution in [-0.4, -0.2) is 14.6 Å². The van der Waals surface area contributed by atoms with Gasteiger partial charge < -0.3 is 0 Å². The number of hydrogen-bond donors (Lipinski definition) is 0. The number of halogens is 3. The molecule has 3 nitrogen and oxygen atoms in total. The minimum Gasteiger partial charge on any atom is -0.217 e. The van der Waals surface area contributed by atoms with Crippen LogP contribution < -0.4 is 0 Å². The van der Waals surface area contributed by atoms with Crippen molar-refractivity contribution in [1.82, 2.24) is 14.6 Å². The molecule has 2 aromatic heterocycles. The first-order valence-corrected chi connectivity index (χ1v) is 5.43. The third-order valence-corrected chi connectivity index (χ3v) is 2.57. The Hall–Kier alpha value is -0.790. The normalized spacial score (nSPS) is 11.4. The van der Waals surface area contributed by atoms with E-state index in [0.29, 0.717) is 10.1 Å². The third-order valence-electron chi connectivity index (χ3n) is 1.79. The average Bonchev–Trinajstić information content (AvgIpc) is 2.60. The lowest BCUT2D eigenvalue weighted by Crippen LogP contribution is -1.95. The van der Waals surface area contributed by atoms with Gasteiger partial charge in [-0.25, -0.2) is 18.3 Å². The molecule has 0 saturated heterocycles. The van der Waals surface area contributed by atoms with Gasteiger partial charge in [0.15, 0.2) is 5.65 Å². The van der Waals surface area contributed by atoms with Crippen LogP contribution in [0.1, 0.15) is 17.9 Å². The molecule has 0 spiro atoms. The van der Waals surface area contributed by atoms with Crippen molar-refractivity contribution in [2.24, 2.45) is 0 Å². The first-order valence-electron chi connectivity index (χ1n) is 3.91. The van der Waals surface area contributed by atoms with E-state index in [1.54, 1.807) is 12.1 Å². The first kappa shape index (κ1) is 9.75. The van der Waals surface area contributed by atoms with Crippen LogP contribution in [0.3, 0.4) is 0 Å². The Morgan fingerprint density at radius 2 is 2.21 bits per heavy atom. The van der Waals surface area contributed by atoms with E-state index in [1.165, 1.54) is 4.52 Å². The second-order valence-corrected chi connectivity index (χ2v) is 3.45. The van der Waals surface area contributed by atoms with E-state index in [2.05, 4.69) is 32.7 Å². The molecule has 0 aromatic carbocycles. The van der Waals surface area contributed by atoms with Crippen molar-refractivity contribution in [3.63, 3.8) is 0 Å². The fourth-order valence-corrected chi connectivity index (χ4v) is 1.75. The highest BCUT2D eigenvalue weighted by Crippen LogP contribution is 2.16. The number of aromatic nitrogens is 3. The third kappa shape index (κ3) is 1.58. The number of pyridine rings is 1. The van der Waals surface area contributed by atoms with E-state index in [1.807, 2.05) is 6.07 Å². The van der Waals surface area contributed by atoms with Gasteiger partial charge in [-0.05, 0) is 12.1 Å².